The predicted molar refractivity (Wildman–Crippen MR) is 111 cm³/mol. The molecule has 0 saturated heterocycles. The smallest absolute Gasteiger partial charge is 0.387 e. The van der Waals surface area contributed by atoms with Gasteiger partial charge in [-0.15, -0.1) is 0 Å². The predicted octanol–water partition coefficient (Wildman–Crippen LogP) is 3.94. The van der Waals surface area contributed by atoms with E-state index >= 15 is 0 Å². The van der Waals surface area contributed by atoms with Crippen molar-refractivity contribution in [2.75, 3.05) is 18.9 Å². The number of hydrogen-bond acceptors (Lipinski definition) is 3. The number of benzene rings is 2. The number of nitrogens with one attached hydrogen (secondary N) is 3. The highest BCUT2D eigenvalue weighted by atomic mass is 35.5. The van der Waals surface area contributed by atoms with Gasteiger partial charge in [0.15, 0.2) is 5.96 Å². The summed E-state index contributed by atoms with van der Waals surface area (Å²) in [6.45, 7) is -0.426. The van der Waals surface area contributed by atoms with Crippen LogP contribution in [0.4, 0.5) is 14.5 Å². The van der Waals surface area contributed by atoms with Crippen molar-refractivity contribution in [3.05, 3.63) is 58.6 Å². The van der Waals surface area contributed by atoms with E-state index in [9.17, 15) is 13.6 Å². The van der Waals surface area contributed by atoms with Crippen LogP contribution >= 0.6 is 11.6 Å². The summed E-state index contributed by atoms with van der Waals surface area (Å²) in [7, 11) is 1.57. The van der Waals surface area contributed by atoms with Crippen molar-refractivity contribution in [1.29, 1.82) is 0 Å². The number of alkyl halides is 2. The lowest BCUT2D eigenvalue weighted by Gasteiger charge is -2.14. The van der Waals surface area contributed by atoms with Gasteiger partial charge in [0.2, 0.25) is 5.91 Å². The van der Waals surface area contributed by atoms with E-state index < -0.39 is 6.61 Å². The Balaban J connectivity index is 1.80. The van der Waals surface area contributed by atoms with E-state index in [1.54, 1.807) is 37.4 Å². The van der Waals surface area contributed by atoms with E-state index in [0.717, 1.165) is 5.56 Å². The number of para-hydroxylation sites is 1. The third kappa shape index (κ3) is 7.57. The maximum Gasteiger partial charge on any atom is 0.387 e. The van der Waals surface area contributed by atoms with E-state index in [2.05, 4.69) is 25.7 Å². The Hall–Kier alpha value is -2.87. The van der Waals surface area contributed by atoms with Crippen LogP contribution in [0.5, 0.6) is 5.75 Å². The van der Waals surface area contributed by atoms with Crippen molar-refractivity contribution in [2.45, 2.75) is 26.5 Å². The molecule has 0 aliphatic rings. The SMILES string of the molecule is CN=C(NCCC(=O)Nc1ccc(C)cc1Cl)NCc1ccccc1OC(F)F. The molecular weight excluding hydrogens is 402 g/mol. The summed E-state index contributed by atoms with van der Waals surface area (Å²) in [4.78, 5) is 16.1. The number of carbonyl (C=O) groups is 1. The summed E-state index contributed by atoms with van der Waals surface area (Å²) >= 11 is 6.11. The number of carbonyl (C=O) groups excluding carboxylic acids is 1. The summed E-state index contributed by atoms with van der Waals surface area (Å²) < 4.78 is 29.5. The van der Waals surface area contributed by atoms with E-state index in [1.807, 2.05) is 13.0 Å². The van der Waals surface area contributed by atoms with Crippen molar-refractivity contribution >= 4 is 29.2 Å². The molecule has 9 heteroatoms. The fourth-order valence-electron chi connectivity index (χ4n) is 2.49. The summed E-state index contributed by atoms with van der Waals surface area (Å²) in [5, 5.41) is 9.23. The summed E-state index contributed by atoms with van der Waals surface area (Å²) in [6, 6.07) is 11.9. The van der Waals surface area contributed by atoms with Crippen molar-refractivity contribution in [1.82, 2.24) is 10.6 Å². The minimum Gasteiger partial charge on any atom is -0.434 e. The van der Waals surface area contributed by atoms with Gasteiger partial charge >= 0.3 is 6.61 Å². The molecule has 0 aliphatic heterocycles. The first kappa shape index (κ1) is 22.4. The van der Waals surface area contributed by atoms with Gasteiger partial charge in [-0.3, -0.25) is 9.79 Å². The number of halogens is 3. The zero-order chi connectivity index (χ0) is 21.2. The lowest BCUT2D eigenvalue weighted by atomic mass is 10.2. The van der Waals surface area contributed by atoms with Gasteiger partial charge in [0, 0.05) is 32.1 Å². The van der Waals surface area contributed by atoms with E-state index in [4.69, 9.17) is 11.6 Å². The molecule has 0 unspecified atom stereocenters. The second kappa shape index (κ2) is 11.2. The number of aliphatic imine (C=N–C) groups is 1. The van der Waals surface area contributed by atoms with Crippen molar-refractivity contribution in [2.24, 2.45) is 4.99 Å². The molecule has 2 rings (SSSR count). The second-order valence-electron chi connectivity index (χ2n) is 6.12. The molecule has 0 aliphatic carbocycles. The molecule has 29 heavy (non-hydrogen) atoms. The van der Waals surface area contributed by atoms with Crippen LogP contribution < -0.4 is 20.7 Å². The molecule has 1 amide bonds. The standard InChI is InChI=1S/C20H23ClF2N4O2/c1-13-7-8-16(15(21)11-13)27-18(28)9-10-25-20(24-2)26-12-14-5-3-4-6-17(14)29-19(22)23/h3-8,11,19H,9-10,12H2,1-2H3,(H,27,28)(H2,24,25,26). The Morgan fingerprint density at radius 3 is 2.66 bits per heavy atom. The fourth-order valence-corrected chi connectivity index (χ4v) is 2.77. The first-order valence-electron chi connectivity index (χ1n) is 8.92. The molecule has 0 saturated carbocycles. The topological polar surface area (TPSA) is 74.8 Å². The monoisotopic (exact) mass is 424 g/mol. The van der Waals surface area contributed by atoms with Gasteiger partial charge < -0.3 is 20.7 Å². The minimum atomic E-state index is -2.89. The fraction of sp³-hybridized carbons (Fsp3) is 0.300. The normalized spacial score (nSPS) is 11.3. The summed E-state index contributed by atoms with van der Waals surface area (Å²) in [5.41, 5.74) is 2.12. The van der Waals surface area contributed by atoms with Gasteiger partial charge in [-0.25, -0.2) is 0 Å². The molecule has 0 heterocycles. The molecule has 0 spiro atoms. The Bertz CT molecular complexity index is 862. The van der Waals surface area contributed by atoms with Gasteiger partial charge in [-0.1, -0.05) is 35.9 Å². The molecule has 3 N–H and O–H groups in total. The maximum absolute atomic E-state index is 12.5. The first-order valence-corrected chi connectivity index (χ1v) is 9.30. The van der Waals surface area contributed by atoms with Crippen LogP contribution in [0, 0.1) is 6.92 Å². The maximum atomic E-state index is 12.5. The van der Waals surface area contributed by atoms with Gasteiger partial charge in [0.05, 0.1) is 10.7 Å². The number of aryl methyl sites for hydroxylation is 1. The van der Waals surface area contributed by atoms with Crippen LogP contribution in [0.2, 0.25) is 5.02 Å². The van der Waals surface area contributed by atoms with Crippen LogP contribution in [0.15, 0.2) is 47.5 Å². The average molecular weight is 425 g/mol. The Morgan fingerprint density at radius 1 is 1.21 bits per heavy atom. The van der Waals surface area contributed by atoms with Crippen LogP contribution in [0.3, 0.4) is 0 Å². The van der Waals surface area contributed by atoms with E-state index in [1.165, 1.54) is 6.07 Å². The summed E-state index contributed by atoms with van der Waals surface area (Å²) in [6.07, 6.45) is 0.190. The zero-order valence-electron chi connectivity index (χ0n) is 16.1. The molecule has 2 aromatic carbocycles. The molecule has 0 aromatic heterocycles. The van der Waals surface area contributed by atoms with Crippen molar-refractivity contribution in [3.8, 4) is 5.75 Å². The highest BCUT2D eigenvalue weighted by Gasteiger charge is 2.10. The number of nitrogens with zero attached hydrogens (tertiary/aromatic N) is 1. The Kier molecular flexibility index (Phi) is 8.67. The van der Waals surface area contributed by atoms with E-state index in [0.29, 0.717) is 28.8 Å². The van der Waals surface area contributed by atoms with Crippen molar-refractivity contribution in [3.63, 3.8) is 0 Å². The van der Waals surface area contributed by atoms with Crippen LogP contribution in [-0.4, -0.2) is 32.1 Å². The van der Waals surface area contributed by atoms with Gasteiger partial charge in [-0.2, -0.15) is 8.78 Å². The number of guanidine groups is 1. The number of ether oxygens (including phenoxy) is 1. The number of rotatable bonds is 8. The molecule has 0 radical (unpaired) electrons. The largest absolute Gasteiger partial charge is 0.434 e. The van der Waals surface area contributed by atoms with Crippen LogP contribution in [0.1, 0.15) is 17.5 Å². The Labute approximate surface area is 173 Å². The molecule has 0 atom stereocenters. The number of amides is 1. The third-order valence-electron chi connectivity index (χ3n) is 3.90. The lowest BCUT2D eigenvalue weighted by molar-refractivity contribution is -0.116. The van der Waals surface area contributed by atoms with E-state index in [-0.39, 0.29) is 24.6 Å². The average Bonchev–Trinajstić information content (AvgIpc) is 2.67. The quantitative estimate of drug-likeness (QED) is 0.443. The zero-order valence-corrected chi connectivity index (χ0v) is 16.9. The highest BCUT2D eigenvalue weighted by Crippen LogP contribution is 2.22. The molecule has 6 nitrogen and oxygen atoms in total. The molecule has 2 aromatic rings. The summed E-state index contributed by atoms with van der Waals surface area (Å²) in [5.74, 6) is 0.326. The molecule has 156 valence electrons. The van der Waals surface area contributed by atoms with Gasteiger partial charge in [0.25, 0.3) is 0 Å². The van der Waals surface area contributed by atoms with Crippen molar-refractivity contribution < 1.29 is 18.3 Å². The minimum absolute atomic E-state index is 0.0970. The number of hydrogen-bond donors (Lipinski definition) is 3. The number of anilines is 1. The lowest BCUT2D eigenvalue weighted by Crippen LogP contribution is -2.38. The third-order valence-corrected chi connectivity index (χ3v) is 4.21. The van der Waals surface area contributed by atoms with Gasteiger partial charge in [-0.05, 0) is 30.7 Å². The molecule has 0 fully saturated rings. The molecular formula is C20H23ClF2N4O2. The Morgan fingerprint density at radius 2 is 1.97 bits per heavy atom. The second-order valence-corrected chi connectivity index (χ2v) is 6.53. The van der Waals surface area contributed by atoms with Crippen LogP contribution in [0.25, 0.3) is 0 Å². The van der Waals surface area contributed by atoms with Crippen LogP contribution in [-0.2, 0) is 11.3 Å². The van der Waals surface area contributed by atoms with Gasteiger partial charge in [0.1, 0.15) is 5.75 Å². The highest BCUT2D eigenvalue weighted by molar-refractivity contribution is 6.33. The molecule has 0 bridgehead atoms. The first-order chi connectivity index (χ1) is 13.9.